The Morgan fingerprint density at radius 2 is 1.71 bits per heavy atom. The maximum absolute atomic E-state index is 5.96. The molecule has 2 nitrogen and oxygen atoms in total. The molecule has 0 rings (SSSR count). The van der Waals surface area contributed by atoms with Crippen LogP contribution in [0.1, 0.15) is 47.0 Å². The first-order chi connectivity index (χ1) is 6.52. The van der Waals surface area contributed by atoms with Gasteiger partial charge in [0.1, 0.15) is 0 Å². The fraction of sp³-hybridized carbons (Fsp3) is 1.00. The molecule has 0 aromatic rings. The molecule has 0 aromatic heterocycles. The number of hydrogen-bond acceptors (Lipinski definition) is 2. The van der Waals surface area contributed by atoms with Crippen molar-refractivity contribution in [2.45, 2.75) is 53.0 Å². The molecule has 0 saturated heterocycles. The highest BCUT2D eigenvalue weighted by Crippen LogP contribution is 2.07. The second-order valence-electron chi connectivity index (χ2n) is 5.00. The smallest absolute Gasteiger partial charge is 0.0488 e. The van der Waals surface area contributed by atoms with Crippen LogP contribution >= 0.6 is 0 Å². The van der Waals surface area contributed by atoms with E-state index in [1.165, 1.54) is 0 Å². The molecule has 14 heavy (non-hydrogen) atoms. The van der Waals surface area contributed by atoms with Crippen LogP contribution in [0.5, 0.6) is 0 Å². The van der Waals surface area contributed by atoms with Gasteiger partial charge in [-0.25, -0.2) is 0 Å². The van der Waals surface area contributed by atoms with Gasteiger partial charge >= 0.3 is 0 Å². The second-order valence-corrected chi connectivity index (χ2v) is 5.00. The zero-order valence-corrected chi connectivity index (χ0v) is 10.3. The van der Waals surface area contributed by atoms with Gasteiger partial charge in [-0.1, -0.05) is 27.7 Å². The molecule has 0 aliphatic rings. The highest BCUT2D eigenvalue weighted by atomic mass is 16.5. The molecule has 0 spiro atoms. The predicted molar refractivity (Wildman–Crippen MR) is 62.3 cm³/mol. The Hall–Kier alpha value is -0.0800. The first-order valence-electron chi connectivity index (χ1n) is 5.85. The molecule has 0 amide bonds. The van der Waals surface area contributed by atoms with Gasteiger partial charge in [0, 0.05) is 19.3 Å². The minimum absolute atomic E-state index is 0.359. The highest BCUT2D eigenvalue weighted by molar-refractivity contribution is 4.63. The molecule has 0 aliphatic heterocycles. The van der Waals surface area contributed by atoms with Crippen LogP contribution in [0.4, 0.5) is 0 Å². The average molecular weight is 201 g/mol. The fourth-order valence-electron chi connectivity index (χ4n) is 1.49. The highest BCUT2D eigenvalue weighted by Gasteiger charge is 2.04. The molecular weight excluding hydrogens is 174 g/mol. The van der Waals surface area contributed by atoms with Crippen molar-refractivity contribution < 1.29 is 4.74 Å². The standard InChI is InChI=1S/C12H27NO/c1-10(2)8-12(13)6-5-7-14-9-11(3)4/h10-12H,5-9,13H2,1-4H3. The van der Waals surface area contributed by atoms with Crippen molar-refractivity contribution in [2.24, 2.45) is 17.6 Å². The minimum atomic E-state index is 0.359. The van der Waals surface area contributed by atoms with Crippen molar-refractivity contribution in [2.75, 3.05) is 13.2 Å². The van der Waals surface area contributed by atoms with E-state index in [-0.39, 0.29) is 0 Å². The van der Waals surface area contributed by atoms with Crippen LogP contribution in [0.3, 0.4) is 0 Å². The summed E-state index contributed by atoms with van der Waals surface area (Å²) in [7, 11) is 0. The van der Waals surface area contributed by atoms with Crippen molar-refractivity contribution in [1.82, 2.24) is 0 Å². The Morgan fingerprint density at radius 3 is 2.21 bits per heavy atom. The van der Waals surface area contributed by atoms with E-state index in [2.05, 4.69) is 27.7 Å². The molecule has 2 heteroatoms. The average Bonchev–Trinajstić information content (AvgIpc) is 2.01. The predicted octanol–water partition coefficient (Wildman–Crippen LogP) is 2.81. The molecule has 2 N–H and O–H groups in total. The van der Waals surface area contributed by atoms with E-state index in [1.807, 2.05) is 0 Å². The molecule has 0 aromatic carbocycles. The first-order valence-corrected chi connectivity index (χ1v) is 5.85. The van der Waals surface area contributed by atoms with Crippen LogP contribution in [0.2, 0.25) is 0 Å². The van der Waals surface area contributed by atoms with Gasteiger partial charge in [0.2, 0.25) is 0 Å². The molecule has 0 aliphatic carbocycles. The quantitative estimate of drug-likeness (QED) is 0.613. The summed E-state index contributed by atoms with van der Waals surface area (Å²) in [6, 6.07) is 0.359. The number of nitrogens with two attached hydrogens (primary N) is 1. The summed E-state index contributed by atoms with van der Waals surface area (Å²) in [5.41, 5.74) is 5.96. The SMILES string of the molecule is CC(C)COCCCC(N)CC(C)C. The van der Waals surface area contributed by atoms with E-state index in [4.69, 9.17) is 10.5 Å². The van der Waals surface area contributed by atoms with Crippen LogP contribution in [-0.4, -0.2) is 19.3 Å². The lowest BCUT2D eigenvalue weighted by atomic mass is 10.0. The lowest BCUT2D eigenvalue weighted by Crippen LogP contribution is -2.22. The summed E-state index contributed by atoms with van der Waals surface area (Å²) in [5, 5.41) is 0. The van der Waals surface area contributed by atoms with Crippen molar-refractivity contribution in [3.8, 4) is 0 Å². The summed E-state index contributed by atoms with van der Waals surface area (Å²) in [6.45, 7) is 10.5. The van der Waals surface area contributed by atoms with Crippen LogP contribution in [-0.2, 0) is 4.74 Å². The summed E-state index contributed by atoms with van der Waals surface area (Å²) in [6.07, 6.45) is 3.32. The van der Waals surface area contributed by atoms with Gasteiger partial charge in [-0.05, 0) is 31.1 Å². The Bertz CT molecular complexity index is 123. The van der Waals surface area contributed by atoms with Gasteiger partial charge in [0.25, 0.3) is 0 Å². The van der Waals surface area contributed by atoms with E-state index < -0.39 is 0 Å². The minimum Gasteiger partial charge on any atom is -0.381 e. The Labute approximate surface area is 89.2 Å². The van der Waals surface area contributed by atoms with E-state index in [0.29, 0.717) is 17.9 Å². The van der Waals surface area contributed by atoms with E-state index in [1.54, 1.807) is 0 Å². The first kappa shape index (κ1) is 13.9. The maximum Gasteiger partial charge on any atom is 0.0488 e. The van der Waals surface area contributed by atoms with E-state index >= 15 is 0 Å². The van der Waals surface area contributed by atoms with Crippen molar-refractivity contribution in [3.63, 3.8) is 0 Å². The normalized spacial score (nSPS) is 13.9. The van der Waals surface area contributed by atoms with Gasteiger partial charge in [0.05, 0.1) is 0 Å². The molecule has 0 bridgehead atoms. The van der Waals surface area contributed by atoms with Crippen molar-refractivity contribution in [3.05, 3.63) is 0 Å². The van der Waals surface area contributed by atoms with Crippen molar-refractivity contribution >= 4 is 0 Å². The summed E-state index contributed by atoms with van der Waals surface area (Å²) < 4.78 is 5.49. The largest absolute Gasteiger partial charge is 0.381 e. The van der Waals surface area contributed by atoms with Gasteiger partial charge in [0.15, 0.2) is 0 Å². The number of rotatable bonds is 8. The van der Waals surface area contributed by atoms with Crippen LogP contribution < -0.4 is 5.73 Å². The molecule has 1 atom stereocenters. The lowest BCUT2D eigenvalue weighted by Gasteiger charge is -2.14. The molecule has 0 saturated carbocycles. The topological polar surface area (TPSA) is 35.2 Å². The number of hydrogen-bond donors (Lipinski definition) is 1. The van der Waals surface area contributed by atoms with Crippen LogP contribution in [0, 0.1) is 11.8 Å². The maximum atomic E-state index is 5.96. The molecule has 1 unspecified atom stereocenters. The Kier molecular flexibility index (Phi) is 8.20. The second kappa shape index (κ2) is 8.25. The number of ether oxygens (including phenoxy) is 1. The van der Waals surface area contributed by atoms with E-state index in [0.717, 1.165) is 32.5 Å². The zero-order chi connectivity index (χ0) is 11.0. The fourth-order valence-corrected chi connectivity index (χ4v) is 1.49. The monoisotopic (exact) mass is 201 g/mol. The van der Waals surface area contributed by atoms with Gasteiger partial charge in [-0.15, -0.1) is 0 Å². The van der Waals surface area contributed by atoms with Crippen LogP contribution in [0.15, 0.2) is 0 Å². The molecule has 0 radical (unpaired) electrons. The third-order valence-corrected chi connectivity index (χ3v) is 2.09. The third kappa shape index (κ3) is 10.0. The molecule has 0 heterocycles. The zero-order valence-electron chi connectivity index (χ0n) is 10.3. The summed E-state index contributed by atoms with van der Waals surface area (Å²) in [4.78, 5) is 0. The van der Waals surface area contributed by atoms with Crippen molar-refractivity contribution in [1.29, 1.82) is 0 Å². The van der Waals surface area contributed by atoms with Gasteiger partial charge < -0.3 is 10.5 Å². The third-order valence-electron chi connectivity index (χ3n) is 2.09. The summed E-state index contributed by atoms with van der Waals surface area (Å²) in [5.74, 6) is 1.35. The molecular formula is C12H27NO. The van der Waals surface area contributed by atoms with E-state index in [9.17, 15) is 0 Å². The lowest BCUT2D eigenvalue weighted by molar-refractivity contribution is 0.105. The Morgan fingerprint density at radius 1 is 1.07 bits per heavy atom. The molecule has 0 fully saturated rings. The van der Waals surface area contributed by atoms with Crippen LogP contribution in [0.25, 0.3) is 0 Å². The Balaban J connectivity index is 3.19. The summed E-state index contributed by atoms with van der Waals surface area (Å²) >= 11 is 0. The van der Waals surface area contributed by atoms with Gasteiger partial charge in [-0.2, -0.15) is 0 Å². The van der Waals surface area contributed by atoms with Gasteiger partial charge in [-0.3, -0.25) is 0 Å². The molecule has 86 valence electrons.